The van der Waals surface area contributed by atoms with Crippen LogP contribution < -0.4 is 5.32 Å². The molecule has 5 nitrogen and oxygen atoms in total. The number of aryl methyl sites for hydroxylation is 1. The minimum absolute atomic E-state index is 0.0120. The van der Waals surface area contributed by atoms with Gasteiger partial charge in [-0.3, -0.25) is 4.79 Å². The molecule has 0 radical (unpaired) electrons. The smallest absolute Gasteiger partial charge is 0.230 e. The van der Waals surface area contributed by atoms with Gasteiger partial charge in [0.1, 0.15) is 5.82 Å². The van der Waals surface area contributed by atoms with Crippen LogP contribution in [0.3, 0.4) is 0 Å². The molecule has 2 rings (SSSR count). The van der Waals surface area contributed by atoms with Crippen LogP contribution in [0.25, 0.3) is 0 Å². The fourth-order valence-electron chi connectivity index (χ4n) is 2.11. The Morgan fingerprint density at radius 3 is 2.68 bits per heavy atom. The van der Waals surface area contributed by atoms with E-state index < -0.39 is 0 Å². The van der Waals surface area contributed by atoms with Gasteiger partial charge < -0.3 is 9.88 Å². The molecule has 1 N–H and O–H groups in total. The summed E-state index contributed by atoms with van der Waals surface area (Å²) in [6.07, 6.45) is 1.88. The first-order chi connectivity index (χ1) is 10.7. The molecule has 0 saturated heterocycles. The third-order valence-electron chi connectivity index (χ3n) is 3.22. The Labute approximate surface area is 135 Å². The summed E-state index contributed by atoms with van der Waals surface area (Å²) in [7, 11) is 0. The number of carbonyl (C=O) groups is 1. The van der Waals surface area contributed by atoms with Gasteiger partial charge in [0.15, 0.2) is 5.16 Å². The molecule has 1 heterocycles. The predicted molar refractivity (Wildman–Crippen MR) is 88.7 cm³/mol. The van der Waals surface area contributed by atoms with Gasteiger partial charge in [0.05, 0.1) is 5.75 Å². The van der Waals surface area contributed by atoms with E-state index in [1.54, 1.807) is 0 Å². The Morgan fingerprint density at radius 2 is 2.00 bits per heavy atom. The maximum absolute atomic E-state index is 11.9. The zero-order valence-electron chi connectivity index (χ0n) is 13.1. The number of nitrogens with one attached hydrogen (secondary N) is 1. The third kappa shape index (κ3) is 4.59. The summed E-state index contributed by atoms with van der Waals surface area (Å²) in [6, 6.07) is 9.90. The summed E-state index contributed by atoms with van der Waals surface area (Å²) in [5, 5.41) is 12.1. The van der Waals surface area contributed by atoms with Crippen molar-refractivity contribution in [3.63, 3.8) is 0 Å². The lowest BCUT2D eigenvalue weighted by Crippen LogP contribution is -2.24. The molecule has 0 fully saturated rings. The molecule has 0 aliphatic carbocycles. The van der Waals surface area contributed by atoms with Crippen molar-refractivity contribution >= 4 is 17.7 Å². The van der Waals surface area contributed by atoms with E-state index in [-0.39, 0.29) is 5.91 Å². The number of nitrogens with zero attached hydrogens (tertiary/aromatic N) is 3. The minimum Gasteiger partial charge on any atom is -0.351 e. The average Bonchev–Trinajstić information content (AvgIpc) is 2.94. The van der Waals surface area contributed by atoms with Crippen molar-refractivity contribution in [1.29, 1.82) is 0 Å². The van der Waals surface area contributed by atoms with Crippen LogP contribution in [0.1, 0.15) is 31.7 Å². The first kappa shape index (κ1) is 16.5. The van der Waals surface area contributed by atoms with E-state index in [1.165, 1.54) is 11.8 Å². The monoisotopic (exact) mass is 318 g/mol. The van der Waals surface area contributed by atoms with E-state index in [1.807, 2.05) is 30.3 Å². The predicted octanol–water partition coefficient (Wildman–Crippen LogP) is 2.66. The van der Waals surface area contributed by atoms with E-state index in [9.17, 15) is 4.79 Å². The summed E-state index contributed by atoms with van der Waals surface area (Å²) >= 11 is 1.44. The largest absolute Gasteiger partial charge is 0.351 e. The highest BCUT2D eigenvalue weighted by Crippen LogP contribution is 2.17. The number of hydrogen-bond donors (Lipinski definition) is 1. The molecule has 2 aromatic rings. The number of thioether (sulfide) groups is 1. The van der Waals surface area contributed by atoms with Crippen molar-refractivity contribution < 1.29 is 4.79 Å². The molecule has 0 saturated carbocycles. The number of aromatic nitrogens is 3. The minimum atomic E-state index is 0.0120. The fourth-order valence-corrected chi connectivity index (χ4v) is 2.93. The second kappa shape index (κ2) is 8.58. The van der Waals surface area contributed by atoms with Crippen molar-refractivity contribution in [2.24, 2.45) is 0 Å². The van der Waals surface area contributed by atoms with Gasteiger partial charge in [-0.25, -0.2) is 0 Å². The molecule has 0 spiro atoms. The van der Waals surface area contributed by atoms with Crippen LogP contribution >= 0.6 is 11.8 Å². The first-order valence-electron chi connectivity index (χ1n) is 7.60. The molecule has 0 atom stereocenters. The van der Waals surface area contributed by atoms with E-state index in [4.69, 9.17) is 0 Å². The zero-order valence-corrected chi connectivity index (χ0v) is 13.9. The molecule has 1 amide bonds. The van der Waals surface area contributed by atoms with Crippen LogP contribution in [0.5, 0.6) is 0 Å². The van der Waals surface area contributed by atoms with Crippen molar-refractivity contribution in [3.8, 4) is 0 Å². The maximum Gasteiger partial charge on any atom is 0.230 e. The molecule has 0 aliphatic heterocycles. The van der Waals surface area contributed by atoms with Gasteiger partial charge in [0.2, 0.25) is 5.91 Å². The van der Waals surface area contributed by atoms with Crippen molar-refractivity contribution in [2.45, 2.75) is 44.9 Å². The van der Waals surface area contributed by atoms with Crippen LogP contribution in [0.2, 0.25) is 0 Å². The SMILES string of the molecule is CCCn1c(CC)nnc1SCC(=O)NCc1ccccc1. The number of amides is 1. The standard InChI is InChI=1S/C16H22N4OS/c1-3-10-20-14(4-2)18-19-16(20)22-12-15(21)17-11-13-8-6-5-7-9-13/h5-9H,3-4,10-12H2,1-2H3,(H,17,21). The quantitative estimate of drug-likeness (QED) is 0.760. The number of carbonyl (C=O) groups excluding carboxylic acids is 1. The number of benzene rings is 1. The van der Waals surface area contributed by atoms with Gasteiger partial charge in [-0.2, -0.15) is 0 Å². The zero-order chi connectivity index (χ0) is 15.8. The molecule has 0 aliphatic rings. The summed E-state index contributed by atoms with van der Waals surface area (Å²) < 4.78 is 2.11. The highest BCUT2D eigenvalue weighted by atomic mass is 32.2. The van der Waals surface area contributed by atoms with Gasteiger partial charge in [0, 0.05) is 19.5 Å². The van der Waals surface area contributed by atoms with Gasteiger partial charge in [-0.05, 0) is 12.0 Å². The normalized spacial score (nSPS) is 10.6. The van der Waals surface area contributed by atoms with Gasteiger partial charge in [-0.1, -0.05) is 55.9 Å². The van der Waals surface area contributed by atoms with Crippen LogP contribution in [0, 0.1) is 0 Å². The summed E-state index contributed by atoms with van der Waals surface area (Å²) in [6.45, 7) is 5.64. The average molecular weight is 318 g/mol. The molecular formula is C16H22N4OS. The van der Waals surface area contributed by atoms with E-state index in [0.29, 0.717) is 12.3 Å². The van der Waals surface area contributed by atoms with Crippen LogP contribution in [-0.2, 0) is 24.3 Å². The van der Waals surface area contributed by atoms with E-state index in [0.717, 1.165) is 35.9 Å². The molecular weight excluding hydrogens is 296 g/mol. The first-order valence-corrected chi connectivity index (χ1v) is 8.58. The van der Waals surface area contributed by atoms with Crippen molar-refractivity contribution in [3.05, 3.63) is 41.7 Å². The number of rotatable bonds is 8. The lowest BCUT2D eigenvalue weighted by Gasteiger charge is -2.08. The molecule has 1 aromatic carbocycles. The van der Waals surface area contributed by atoms with Crippen molar-refractivity contribution in [1.82, 2.24) is 20.1 Å². The Balaban J connectivity index is 1.84. The Bertz CT molecular complexity index is 597. The van der Waals surface area contributed by atoms with E-state index >= 15 is 0 Å². The fraction of sp³-hybridized carbons (Fsp3) is 0.438. The van der Waals surface area contributed by atoms with Crippen molar-refractivity contribution in [2.75, 3.05) is 5.75 Å². The van der Waals surface area contributed by atoms with Gasteiger partial charge in [0.25, 0.3) is 0 Å². The summed E-state index contributed by atoms with van der Waals surface area (Å²) in [4.78, 5) is 11.9. The second-order valence-electron chi connectivity index (χ2n) is 4.95. The summed E-state index contributed by atoms with van der Waals surface area (Å²) in [5.41, 5.74) is 1.10. The number of hydrogen-bond acceptors (Lipinski definition) is 4. The molecule has 22 heavy (non-hydrogen) atoms. The molecule has 0 bridgehead atoms. The van der Waals surface area contributed by atoms with Crippen LogP contribution in [-0.4, -0.2) is 26.4 Å². The highest BCUT2D eigenvalue weighted by Gasteiger charge is 2.12. The Kier molecular flexibility index (Phi) is 6.45. The van der Waals surface area contributed by atoms with Gasteiger partial charge in [-0.15, -0.1) is 10.2 Å². The third-order valence-corrected chi connectivity index (χ3v) is 4.19. The summed E-state index contributed by atoms with van der Waals surface area (Å²) in [5.74, 6) is 1.35. The second-order valence-corrected chi connectivity index (χ2v) is 5.90. The lowest BCUT2D eigenvalue weighted by atomic mass is 10.2. The molecule has 6 heteroatoms. The Hall–Kier alpha value is -1.82. The van der Waals surface area contributed by atoms with E-state index in [2.05, 4.69) is 33.9 Å². The topological polar surface area (TPSA) is 59.8 Å². The highest BCUT2D eigenvalue weighted by molar-refractivity contribution is 7.99. The van der Waals surface area contributed by atoms with Crippen LogP contribution in [0.15, 0.2) is 35.5 Å². The molecule has 118 valence electrons. The maximum atomic E-state index is 11.9. The Morgan fingerprint density at radius 1 is 1.23 bits per heavy atom. The van der Waals surface area contributed by atoms with Gasteiger partial charge >= 0.3 is 0 Å². The van der Waals surface area contributed by atoms with Crippen LogP contribution in [0.4, 0.5) is 0 Å². The lowest BCUT2D eigenvalue weighted by molar-refractivity contribution is -0.118. The molecule has 0 unspecified atom stereocenters. The molecule has 1 aromatic heterocycles.